The Bertz CT molecular complexity index is 3390. The molecule has 18 heteroatoms. The zero-order chi connectivity index (χ0) is 54.8. The van der Waals surface area contributed by atoms with Gasteiger partial charge in [0.25, 0.3) is 5.91 Å². The highest BCUT2D eigenvalue weighted by atomic mass is 32.1. The van der Waals surface area contributed by atoms with Crippen LogP contribution in [0.25, 0.3) is 21.1 Å². The fraction of sp³-hybridized carbons (Fsp3) is 0.410. The van der Waals surface area contributed by atoms with Gasteiger partial charge in [-0.05, 0) is 149 Å². The van der Waals surface area contributed by atoms with Crippen molar-refractivity contribution >= 4 is 78.7 Å². The predicted molar refractivity (Wildman–Crippen MR) is 306 cm³/mol. The Hall–Kier alpha value is -7.70. The first kappa shape index (κ1) is 53.3. The summed E-state index contributed by atoms with van der Waals surface area (Å²) in [5.74, 6) is 0.492. The highest BCUT2D eigenvalue weighted by Gasteiger charge is 2.34. The Balaban J connectivity index is 0.633. The van der Waals surface area contributed by atoms with Crippen molar-refractivity contribution in [2.24, 2.45) is 13.0 Å². The maximum absolute atomic E-state index is 13.7. The number of imide groups is 1. The molecule has 0 spiro atoms. The molecular weight excluding hydrogens is 1020 g/mol. The number of piperidine rings is 2. The number of benzene rings is 4. The van der Waals surface area contributed by atoms with E-state index in [1.807, 2.05) is 110 Å². The number of aromatic nitrogens is 4. The van der Waals surface area contributed by atoms with Crippen LogP contribution in [0.4, 0.5) is 16.6 Å². The summed E-state index contributed by atoms with van der Waals surface area (Å²) in [6.45, 7) is 12.1. The van der Waals surface area contributed by atoms with Crippen LogP contribution in [0.15, 0.2) is 97.1 Å². The van der Waals surface area contributed by atoms with E-state index in [1.165, 1.54) is 16.9 Å². The zero-order valence-corrected chi connectivity index (χ0v) is 46.3. The van der Waals surface area contributed by atoms with Gasteiger partial charge in [-0.3, -0.25) is 39.4 Å². The lowest BCUT2D eigenvalue weighted by atomic mass is 9.90. The van der Waals surface area contributed by atoms with E-state index in [2.05, 4.69) is 54.6 Å². The van der Waals surface area contributed by atoms with Gasteiger partial charge in [-0.1, -0.05) is 65.9 Å². The summed E-state index contributed by atoms with van der Waals surface area (Å²) in [6.07, 6.45) is 5.76. The van der Waals surface area contributed by atoms with Crippen LogP contribution in [0.2, 0.25) is 0 Å². The van der Waals surface area contributed by atoms with Gasteiger partial charge in [0.05, 0.1) is 46.2 Å². The van der Waals surface area contributed by atoms with Crippen LogP contribution in [0.5, 0.6) is 5.75 Å². The highest BCUT2D eigenvalue weighted by molar-refractivity contribution is 7.22. The van der Waals surface area contributed by atoms with Crippen LogP contribution in [-0.4, -0.2) is 124 Å². The number of thiazole rings is 1. The van der Waals surface area contributed by atoms with Crippen molar-refractivity contribution < 1.29 is 33.4 Å². The number of rotatable bonds is 15. The molecule has 1 atom stereocenters. The smallest absolute Gasteiger partial charge is 0.357 e. The largest absolute Gasteiger partial charge is 0.494 e. The number of nitrogens with one attached hydrogen (secondary N) is 2. The Morgan fingerprint density at radius 3 is 2.37 bits per heavy atom. The van der Waals surface area contributed by atoms with Crippen molar-refractivity contribution in [3.8, 4) is 5.75 Å². The second-order valence-electron chi connectivity index (χ2n) is 22.3. The van der Waals surface area contributed by atoms with Gasteiger partial charge in [0.1, 0.15) is 17.2 Å². The van der Waals surface area contributed by atoms with Gasteiger partial charge in [0, 0.05) is 63.7 Å². The van der Waals surface area contributed by atoms with E-state index >= 15 is 0 Å². The lowest BCUT2D eigenvalue weighted by molar-refractivity contribution is -0.135. The van der Waals surface area contributed by atoms with Crippen LogP contribution in [-0.2, 0) is 52.0 Å². The van der Waals surface area contributed by atoms with E-state index < -0.39 is 17.5 Å². The summed E-state index contributed by atoms with van der Waals surface area (Å²) >= 11 is 1.45. The first-order chi connectivity index (χ1) is 38.2. The number of amides is 4. The monoisotopic (exact) mass is 1080 g/mol. The molecule has 0 saturated carbocycles. The first-order valence-electron chi connectivity index (χ1n) is 27.7. The second-order valence-corrected chi connectivity index (χ2v) is 23.3. The summed E-state index contributed by atoms with van der Waals surface area (Å²) in [5, 5.41) is 11.7. The molecule has 3 fully saturated rings. The zero-order valence-electron chi connectivity index (χ0n) is 45.5. The van der Waals surface area contributed by atoms with Crippen molar-refractivity contribution in [3.05, 3.63) is 136 Å². The first-order valence-corrected chi connectivity index (χ1v) is 28.5. The van der Waals surface area contributed by atoms with Gasteiger partial charge < -0.3 is 24.2 Å². The summed E-state index contributed by atoms with van der Waals surface area (Å²) in [6, 6.07) is 32.1. The predicted octanol–water partition coefficient (Wildman–Crippen LogP) is 8.48. The number of carbonyl (C=O) groups excluding carboxylic acids is 5. The third kappa shape index (κ3) is 12.1. The standard InChI is InChI=1S/C61H68N10O7S/c1-61(2,3)78-59(76)54-42(19-23-51(63-54)71-30-27-41-10-7-12-44(47(41)37-71)57(74)65-60-62-48-14-5-6-16-50(48)79-60)11-9-35-77-43-20-17-39(18-21-43)36-40-25-28-68(29-26-40)38-53(73)70-33-31-69(32-34-70)49-15-8-13-45-55(66-67(4)56(45)49)46-22-24-52(72)64-58(46)75/h5-8,10,12-21,23,40,46H,9,11,22,24-38H2,1-4H3,(H,62,65,74)(H,64,72,75). The average molecular weight is 1090 g/mol. The minimum atomic E-state index is -0.704. The number of fused-ring (bicyclic) bond motifs is 3. The van der Waals surface area contributed by atoms with Crippen molar-refractivity contribution in [2.75, 3.05) is 74.1 Å². The molecule has 0 radical (unpaired) electrons. The Labute approximate surface area is 464 Å². The van der Waals surface area contributed by atoms with Gasteiger partial charge >= 0.3 is 5.97 Å². The number of para-hydroxylation sites is 2. The molecule has 4 aliphatic heterocycles. The number of nitrogens with zero attached hydrogens (tertiary/aromatic N) is 8. The average Bonchev–Trinajstić information content (AvgIpc) is 4.16. The number of hydrogen-bond acceptors (Lipinski definition) is 14. The molecule has 7 heterocycles. The fourth-order valence-corrected chi connectivity index (χ4v) is 12.5. The molecule has 79 heavy (non-hydrogen) atoms. The van der Waals surface area contributed by atoms with Crippen LogP contribution in [0.1, 0.15) is 108 Å². The second kappa shape index (κ2) is 22.9. The molecule has 4 aliphatic rings. The normalized spacial score (nSPS) is 17.5. The lowest BCUT2D eigenvalue weighted by Crippen LogP contribution is -2.52. The summed E-state index contributed by atoms with van der Waals surface area (Å²) in [4.78, 5) is 83.9. The van der Waals surface area contributed by atoms with E-state index in [4.69, 9.17) is 19.6 Å². The number of aryl methyl sites for hydroxylation is 2. The lowest BCUT2D eigenvalue weighted by Gasteiger charge is -2.38. The third-order valence-corrected chi connectivity index (χ3v) is 16.7. The van der Waals surface area contributed by atoms with Crippen LogP contribution in [0, 0.1) is 5.92 Å². The minimum absolute atomic E-state index is 0.173. The fourth-order valence-electron chi connectivity index (χ4n) is 11.6. The van der Waals surface area contributed by atoms with E-state index in [-0.39, 0.29) is 23.6 Å². The Morgan fingerprint density at radius 2 is 1.59 bits per heavy atom. The summed E-state index contributed by atoms with van der Waals surface area (Å²) in [5.41, 5.74) is 7.83. The molecule has 0 bridgehead atoms. The van der Waals surface area contributed by atoms with E-state index in [0.29, 0.717) is 112 Å². The molecule has 1 unspecified atom stereocenters. The van der Waals surface area contributed by atoms with Crippen molar-refractivity contribution in [2.45, 2.75) is 90.2 Å². The summed E-state index contributed by atoms with van der Waals surface area (Å²) < 4.78 is 14.9. The van der Waals surface area contributed by atoms with E-state index in [0.717, 1.165) is 88.0 Å². The summed E-state index contributed by atoms with van der Waals surface area (Å²) in [7, 11) is 1.90. The SMILES string of the molecule is Cn1nc(C2CCC(=O)NC2=O)c2cccc(N3CCN(C(=O)CN4CCC(Cc5ccc(OCCCc6ccc(N7CCc8cccc(C(=O)Nc9nc%10ccccc%10s9)c8C7)nc6C(=O)OC(C)(C)C)cc5)CC4)CC3)c21. The van der Waals surface area contributed by atoms with E-state index in [9.17, 15) is 24.0 Å². The topological polar surface area (TPSA) is 184 Å². The van der Waals surface area contributed by atoms with Crippen LogP contribution < -0.4 is 25.2 Å². The molecule has 410 valence electrons. The Morgan fingerprint density at radius 1 is 0.810 bits per heavy atom. The molecule has 3 saturated heterocycles. The van der Waals surface area contributed by atoms with Gasteiger partial charge in [-0.2, -0.15) is 5.10 Å². The van der Waals surface area contributed by atoms with Crippen molar-refractivity contribution in [1.82, 2.24) is 34.9 Å². The minimum Gasteiger partial charge on any atom is -0.494 e. The molecule has 0 aliphatic carbocycles. The molecule has 17 nitrogen and oxygen atoms in total. The number of likely N-dealkylation sites (tertiary alicyclic amines) is 1. The van der Waals surface area contributed by atoms with Crippen LogP contribution >= 0.6 is 11.3 Å². The molecule has 2 N–H and O–H groups in total. The van der Waals surface area contributed by atoms with Gasteiger partial charge in [0.15, 0.2) is 10.8 Å². The molecular formula is C61H68N10O7S. The number of pyridine rings is 1. The molecule has 4 aromatic carbocycles. The number of ether oxygens (including phenoxy) is 2. The third-order valence-electron chi connectivity index (χ3n) is 15.7. The Kier molecular flexibility index (Phi) is 15.5. The van der Waals surface area contributed by atoms with Crippen LogP contribution in [0.3, 0.4) is 0 Å². The van der Waals surface area contributed by atoms with E-state index in [1.54, 1.807) is 0 Å². The maximum atomic E-state index is 13.7. The molecule has 3 aromatic heterocycles. The molecule has 11 rings (SSSR count). The highest BCUT2D eigenvalue weighted by Crippen LogP contribution is 2.36. The van der Waals surface area contributed by atoms with Gasteiger partial charge in [0.2, 0.25) is 17.7 Å². The number of hydrogen-bond donors (Lipinski definition) is 2. The number of anilines is 3. The van der Waals surface area contributed by atoms with Gasteiger partial charge in [-0.15, -0.1) is 0 Å². The quantitative estimate of drug-likeness (QED) is 0.0567. The number of piperazine rings is 1. The number of carbonyl (C=O) groups is 5. The van der Waals surface area contributed by atoms with Gasteiger partial charge in [-0.25, -0.2) is 14.8 Å². The molecule has 4 amide bonds. The van der Waals surface area contributed by atoms with Crippen molar-refractivity contribution in [1.29, 1.82) is 0 Å². The maximum Gasteiger partial charge on any atom is 0.357 e. The number of esters is 1. The molecule has 7 aromatic rings. The van der Waals surface area contributed by atoms with Crippen molar-refractivity contribution in [3.63, 3.8) is 0 Å².